The van der Waals surface area contributed by atoms with Gasteiger partial charge in [0.05, 0.1) is 0 Å². The summed E-state index contributed by atoms with van der Waals surface area (Å²) in [7, 11) is 0. The average molecular weight is 411 g/mol. The number of nitrogens with zero attached hydrogens (tertiary/aromatic N) is 1. The van der Waals surface area contributed by atoms with Crippen LogP contribution in [0.2, 0.25) is 0 Å². The van der Waals surface area contributed by atoms with Gasteiger partial charge in [-0.15, -0.1) is 0 Å². The van der Waals surface area contributed by atoms with Gasteiger partial charge in [-0.2, -0.15) is 0 Å². The van der Waals surface area contributed by atoms with Crippen LogP contribution in [0.3, 0.4) is 0 Å². The molecule has 5 nitrogen and oxygen atoms in total. The molecule has 2 aromatic rings. The molecule has 0 unspecified atom stereocenters. The Hall–Kier alpha value is -2.82. The van der Waals surface area contributed by atoms with Crippen molar-refractivity contribution >= 4 is 11.8 Å². The average Bonchev–Trinajstić information content (AvgIpc) is 2.75. The Labute approximate surface area is 180 Å². The first-order valence-electron chi connectivity index (χ1n) is 10.7. The standard InChI is InChI=1S/C25H34N2O3/c1-6-19(4)26-25(29)20(5)27(16-22-10-8-9-18(3)15-22)24(28)17-30-23-13-11-21(7-2)12-14-23/h8-15,19-20H,6-7,16-17H2,1-5H3,(H,26,29)/t19-,20-/m0/s1. The van der Waals surface area contributed by atoms with Crippen molar-refractivity contribution in [2.75, 3.05) is 6.61 Å². The van der Waals surface area contributed by atoms with Crippen molar-refractivity contribution in [3.8, 4) is 5.75 Å². The van der Waals surface area contributed by atoms with Gasteiger partial charge in [-0.1, -0.05) is 55.8 Å². The Kier molecular flexibility index (Phi) is 8.90. The molecule has 2 atom stereocenters. The summed E-state index contributed by atoms with van der Waals surface area (Å²) in [6, 6.07) is 15.2. The van der Waals surface area contributed by atoms with Crippen LogP contribution in [0.15, 0.2) is 48.5 Å². The second-order valence-electron chi connectivity index (χ2n) is 7.79. The summed E-state index contributed by atoms with van der Waals surface area (Å²) < 4.78 is 5.72. The summed E-state index contributed by atoms with van der Waals surface area (Å²) >= 11 is 0. The summed E-state index contributed by atoms with van der Waals surface area (Å²) in [6.07, 6.45) is 1.79. The zero-order chi connectivity index (χ0) is 22.1. The van der Waals surface area contributed by atoms with Gasteiger partial charge in [0.2, 0.25) is 5.91 Å². The lowest BCUT2D eigenvalue weighted by molar-refractivity contribution is -0.142. The van der Waals surface area contributed by atoms with E-state index in [0.717, 1.165) is 24.0 Å². The normalized spacial score (nSPS) is 12.7. The number of amides is 2. The first-order chi connectivity index (χ1) is 14.3. The van der Waals surface area contributed by atoms with E-state index in [0.29, 0.717) is 12.3 Å². The highest BCUT2D eigenvalue weighted by Gasteiger charge is 2.27. The van der Waals surface area contributed by atoms with Crippen molar-refractivity contribution in [1.29, 1.82) is 0 Å². The van der Waals surface area contributed by atoms with E-state index >= 15 is 0 Å². The Morgan fingerprint density at radius 3 is 2.33 bits per heavy atom. The maximum Gasteiger partial charge on any atom is 0.261 e. The van der Waals surface area contributed by atoms with E-state index in [4.69, 9.17) is 4.74 Å². The predicted octanol–water partition coefficient (Wildman–Crippen LogP) is 4.27. The van der Waals surface area contributed by atoms with Gasteiger partial charge in [0.1, 0.15) is 11.8 Å². The van der Waals surface area contributed by atoms with Gasteiger partial charge < -0.3 is 15.0 Å². The number of rotatable bonds is 10. The number of carbonyl (C=O) groups is 2. The fourth-order valence-electron chi connectivity index (χ4n) is 3.10. The summed E-state index contributed by atoms with van der Waals surface area (Å²) in [5.74, 6) is 0.272. The van der Waals surface area contributed by atoms with Crippen LogP contribution >= 0.6 is 0 Å². The van der Waals surface area contributed by atoms with Crippen LogP contribution in [0.25, 0.3) is 0 Å². The minimum Gasteiger partial charge on any atom is -0.484 e. The van der Waals surface area contributed by atoms with E-state index in [1.165, 1.54) is 5.56 Å². The molecule has 1 N–H and O–H groups in total. The van der Waals surface area contributed by atoms with E-state index in [9.17, 15) is 9.59 Å². The minimum atomic E-state index is -0.599. The number of benzene rings is 2. The number of hydrogen-bond donors (Lipinski definition) is 1. The molecule has 0 spiro atoms. The molecule has 162 valence electrons. The van der Waals surface area contributed by atoms with Crippen molar-refractivity contribution < 1.29 is 14.3 Å². The molecule has 0 aliphatic rings. The Morgan fingerprint density at radius 1 is 1.03 bits per heavy atom. The number of nitrogens with one attached hydrogen (secondary N) is 1. The third kappa shape index (κ3) is 6.90. The summed E-state index contributed by atoms with van der Waals surface area (Å²) in [5, 5.41) is 2.97. The third-order valence-corrected chi connectivity index (χ3v) is 5.30. The van der Waals surface area contributed by atoms with Crippen molar-refractivity contribution in [3.05, 3.63) is 65.2 Å². The molecule has 0 aromatic heterocycles. The molecule has 0 saturated heterocycles. The molecule has 30 heavy (non-hydrogen) atoms. The van der Waals surface area contributed by atoms with Gasteiger partial charge in [0.15, 0.2) is 6.61 Å². The molecule has 5 heteroatoms. The van der Waals surface area contributed by atoms with Crippen molar-refractivity contribution in [1.82, 2.24) is 10.2 Å². The summed E-state index contributed by atoms with van der Waals surface area (Å²) in [5.41, 5.74) is 3.31. The summed E-state index contributed by atoms with van der Waals surface area (Å²) in [6.45, 7) is 10.1. The van der Waals surface area contributed by atoms with Crippen molar-refractivity contribution in [3.63, 3.8) is 0 Å². The van der Waals surface area contributed by atoms with Gasteiger partial charge >= 0.3 is 0 Å². The van der Waals surface area contributed by atoms with E-state index < -0.39 is 6.04 Å². The van der Waals surface area contributed by atoms with Gasteiger partial charge in [0, 0.05) is 12.6 Å². The largest absolute Gasteiger partial charge is 0.484 e. The summed E-state index contributed by atoms with van der Waals surface area (Å²) in [4.78, 5) is 27.4. The highest BCUT2D eigenvalue weighted by atomic mass is 16.5. The number of aryl methyl sites for hydroxylation is 2. The molecule has 2 rings (SSSR count). The first-order valence-corrected chi connectivity index (χ1v) is 10.7. The third-order valence-electron chi connectivity index (χ3n) is 5.30. The number of ether oxygens (including phenoxy) is 1. The molecule has 0 fully saturated rings. The van der Waals surface area contributed by atoms with E-state index in [-0.39, 0.29) is 24.5 Å². The van der Waals surface area contributed by atoms with Crippen molar-refractivity contribution in [2.24, 2.45) is 0 Å². The first kappa shape index (κ1) is 23.5. The highest BCUT2D eigenvalue weighted by Crippen LogP contribution is 2.15. The Bertz CT molecular complexity index is 833. The van der Waals surface area contributed by atoms with Crippen LogP contribution in [0, 0.1) is 6.92 Å². The van der Waals surface area contributed by atoms with Crippen LogP contribution in [0.4, 0.5) is 0 Å². The zero-order valence-corrected chi connectivity index (χ0v) is 18.8. The van der Waals surface area contributed by atoms with Crippen molar-refractivity contribution in [2.45, 2.75) is 66.1 Å². The lowest BCUT2D eigenvalue weighted by Crippen LogP contribution is -2.50. The molecular weight excluding hydrogens is 376 g/mol. The van der Waals surface area contributed by atoms with E-state index in [1.54, 1.807) is 11.8 Å². The quantitative estimate of drug-likeness (QED) is 0.636. The predicted molar refractivity (Wildman–Crippen MR) is 120 cm³/mol. The molecule has 0 heterocycles. The fourth-order valence-corrected chi connectivity index (χ4v) is 3.10. The molecule has 0 radical (unpaired) electrons. The maximum atomic E-state index is 13.1. The molecule has 0 aliphatic heterocycles. The lowest BCUT2D eigenvalue weighted by atomic mass is 10.1. The fraction of sp³-hybridized carbons (Fsp3) is 0.440. The van der Waals surface area contributed by atoms with Gasteiger partial charge in [-0.25, -0.2) is 0 Å². The maximum absolute atomic E-state index is 13.1. The molecule has 0 saturated carbocycles. The lowest BCUT2D eigenvalue weighted by Gasteiger charge is -2.29. The van der Waals surface area contributed by atoms with Crippen LogP contribution in [0.5, 0.6) is 5.75 Å². The van der Waals surface area contributed by atoms with E-state index in [1.807, 2.05) is 69.3 Å². The van der Waals surface area contributed by atoms with E-state index in [2.05, 4.69) is 12.2 Å². The molecular formula is C25H34N2O3. The zero-order valence-electron chi connectivity index (χ0n) is 18.8. The topological polar surface area (TPSA) is 58.6 Å². The smallest absolute Gasteiger partial charge is 0.261 e. The van der Waals surface area contributed by atoms with Crippen LogP contribution in [-0.2, 0) is 22.6 Å². The monoisotopic (exact) mass is 410 g/mol. The van der Waals surface area contributed by atoms with Gasteiger partial charge in [0.25, 0.3) is 5.91 Å². The molecule has 0 bridgehead atoms. The second-order valence-corrected chi connectivity index (χ2v) is 7.79. The highest BCUT2D eigenvalue weighted by molar-refractivity contribution is 5.88. The number of carbonyl (C=O) groups excluding carboxylic acids is 2. The van der Waals surface area contributed by atoms with Gasteiger partial charge in [-0.05, 0) is 56.9 Å². The Balaban J connectivity index is 2.13. The Morgan fingerprint density at radius 2 is 1.73 bits per heavy atom. The van der Waals surface area contributed by atoms with Crippen LogP contribution in [0.1, 0.15) is 50.8 Å². The molecule has 2 amide bonds. The molecule has 0 aliphatic carbocycles. The van der Waals surface area contributed by atoms with Gasteiger partial charge in [-0.3, -0.25) is 9.59 Å². The van der Waals surface area contributed by atoms with Crippen LogP contribution < -0.4 is 10.1 Å². The molecule has 2 aromatic carbocycles. The van der Waals surface area contributed by atoms with Crippen LogP contribution in [-0.4, -0.2) is 35.4 Å². The second kappa shape index (κ2) is 11.4. The number of hydrogen-bond acceptors (Lipinski definition) is 3. The SMILES string of the molecule is CCc1ccc(OCC(=O)N(Cc2cccc(C)c2)[C@@H](C)C(=O)N[C@@H](C)CC)cc1. The minimum absolute atomic E-state index is 0.0594.